The molecule has 8 N–H and O–H groups in total. The SMILES string of the molecule is C[C@H](c1ccccc1)[C@@H]1NC(=O)CNC(=O)[C@H](NC(=O)[C@@H](N)Cc2ccc(O)cc2)C(C)(C)SSC(C)(C)C(C(=O)O)NC1=O. The number of aromatic hydroxyl groups is 1. The van der Waals surface area contributed by atoms with Gasteiger partial charge in [-0.3, -0.25) is 19.2 Å². The molecule has 14 heteroatoms. The number of hydrogen-bond donors (Lipinski definition) is 7. The molecule has 1 aliphatic heterocycles. The van der Waals surface area contributed by atoms with E-state index in [0.29, 0.717) is 5.56 Å². The van der Waals surface area contributed by atoms with Crippen LogP contribution in [0.15, 0.2) is 54.6 Å². The highest BCUT2D eigenvalue weighted by Crippen LogP contribution is 2.46. The van der Waals surface area contributed by atoms with Gasteiger partial charge in [-0.05, 0) is 57.4 Å². The average Bonchev–Trinajstić information content (AvgIpc) is 2.99. The van der Waals surface area contributed by atoms with Crippen LogP contribution in [0.2, 0.25) is 0 Å². The number of amides is 4. The number of hydrogen-bond acceptors (Lipinski definition) is 9. The van der Waals surface area contributed by atoms with Crippen molar-refractivity contribution >= 4 is 51.2 Å². The molecule has 1 aliphatic rings. The molecule has 1 saturated heterocycles. The number of carbonyl (C=O) groups excluding carboxylic acids is 4. The van der Waals surface area contributed by atoms with Gasteiger partial charge in [-0.1, -0.05) is 71.0 Å². The van der Waals surface area contributed by atoms with Crippen molar-refractivity contribution < 1.29 is 34.2 Å². The first-order chi connectivity index (χ1) is 21.0. The number of carboxylic acid groups (broad SMARTS) is 1. The van der Waals surface area contributed by atoms with Gasteiger partial charge in [0.25, 0.3) is 0 Å². The first kappa shape index (κ1) is 35.7. The first-order valence-electron chi connectivity index (χ1n) is 14.4. The Balaban J connectivity index is 1.91. The van der Waals surface area contributed by atoms with Crippen LogP contribution < -0.4 is 27.0 Å². The van der Waals surface area contributed by atoms with Crippen LogP contribution in [-0.4, -0.2) is 80.0 Å². The molecule has 0 spiro atoms. The van der Waals surface area contributed by atoms with Crippen molar-refractivity contribution in [3.8, 4) is 5.75 Å². The largest absolute Gasteiger partial charge is 0.508 e. The summed E-state index contributed by atoms with van der Waals surface area (Å²) in [5.74, 6) is -4.37. The van der Waals surface area contributed by atoms with Gasteiger partial charge in [0, 0.05) is 10.7 Å². The van der Waals surface area contributed by atoms with Crippen LogP contribution >= 0.6 is 21.6 Å². The molecular formula is C31H41N5O7S2. The fraction of sp³-hybridized carbons (Fsp3) is 0.452. The number of carbonyl (C=O) groups is 5. The number of phenols is 1. The molecule has 3 rings (SSSR count). The van der Waals surface area contributed by atoms with Gasteiger partial charge in [0.1, 0.15) is 23.9 Å². The number of aliphatic carboxylic acids is 1. The Kier molecular flexibility index (Phi) is 11.9. The highest BCUT2D eigenvalue weighted by molar-refractivity contribution is 8.77. The third-order valence-electron chi connectivity index (χ3n) is 7.52. The van der Waals surface area contributed by atoms with Crippen LogP contribution in [0.4, 0.5) is 0 Å². The molecule has 5 atom stereocenters. The predicted octanol–water partition coefficient (Wildman–Crippen LogP) is 1.67. The third kappa shape index (κ3) is 9.62. The van der Waals surface area contributed by atoms with Gasteiger partial charge < -0.3 is 37.2 Å². The maximum atomic E-state index is 13.6. The van der Waals surface area contributed by atoms with E-state index >= 15 is 0 Å². The van der Waals surface area contributed by atoms with E-state index in [1.54, 1.807) is 71.0 Å². The molecule has 1 heterocycles. The van der Waals surface area contributed by atoms with Crippen molar-refractivity contribution in [1.29, 1.82) is 0 Å². The third-order valence-corrected chi connectivity index (χ3v) is 11.8. The van der Waals surface area contributed by atoms with E-state index in [-0.39, 0.29) is 12.2 Å². The molecule has 45 heavy (non-hydrogen) atoms. The molecular weight excluding hydrogens is 619 g/mol. The van der Waals surface area contributed by atoms with Crippen molar-refractivity contribution in [3.05, 3.63) is 65.7 Å². The van der Waals surface area contributed by atoms with Crippen LogP contribution in [0, 0.1) is 0 Å². The molecule has 1 unspecified atom stereocenters. The molecule has 244 valence electrons. The highest BCUT2D eigenvalue weighted by atomic mass is 33.1. The van der Waals surface area contributed by atoms with Gasteiger partial charge in [-0.2, -0.15) is 0 Å². The number of benzene rings is 2. The summed E-state index contributed by atoms with van der Waals surface area (Å²) in [6, 6.07) is 10.5. The summed E-state index contributed by atoms with van der Waals surface area (Å²) < 4.78 is -2.16. The summed E-state index contributed by atoms with van der Waals surface area (Å²) >= 11 is 0. The molecule has 0 aliphatic carbocycles. The molecule has 2 aromatic carbocycles. The summed E-state index contributed by atoms with van der Waals surface area (Å²) in [5, 5.41) is 30.3. The molecule has 0 aromatic heterocycles. The van der Waals surface area contributed by atoms with Crippen LogP contribution in [-0.2, 0) is 30.4 Å². The standard InChI is InChI=1S/C31H41N5O7S2/c1-17(19-9-7-6-8-10-19)23-27(40)36-25(29(42)43)31(4,5)45-44-30(2,3)24(28(41)33-16-22(38)34-23)35-26(39)21(32)15-18-11-13-20(37)14-12-18/h6-14,17,21,23-25,37H,15-16,32H2,1-5H3,(H,33,41)(H,34,38)(H,35,39)(H,36,40)(H,42,43)/t17-,21+,23+,24+,25?/m1/s1. The summed E-state index contributed by atoms with van der Waals surface area (Å²) in [5.41, 5.74) is 7.63. The Morgan fingerprint density at radius 1 is 0.956 bits per heavy atom. The molecule has 0 radical (unpaired) electrons. The van der Waals surface area contributed by atoms with E-state index in [0.717, 1.165) is 16.4 Å². The number of carboxylic acids is 1. The van der Waals surface area contributed by atoms with Crippen LogP contribution in [0.5, 0.6) is 5.75 Å². The first-order valence-corrected chi connectivity index (χ1v) is 16.5. The van der Waals surface area contributed by atoms with Crippen molar-refractivity contribution in [3.63, 3.8) is 0 Å². The number of phenolic OH excluding ortho intramolecular Hbond substituents is 1. The zero-order valence-electron chi connectivity index (χ0n) is 25.8. The highest BCUT2D eigenvalue weighted by Gasteiger charge is 2.44. The molecule has 0 saturated carbocycles. The fourth-order valence-corrected chi connectivity index (χ4v) is 7.53. The Hall–Kier alpha value is -3.75. The van der Waals surface area contributed by atoms with Gasteiger partial charge in [0.2, 0.25) is 23.6 Å². The van der Waals surface area contributed by atoms with Gasteiger partial charge in [-0.15, -0.1) is 0 Å². The molecule has 12 nitrogen and oxygen atoms in total. The lowest BCUT2D eigenvalue weighted by molar-refractivity contribution is -0.143. The maximum Gasteiger partial charge on any atom is 0.327 e. The second-order valence-electron chi connectivity index (χ2n) is 12.0. The van der Waals surface area contributed by atoms with E-state index in [9.17, 15) is 34.2 Å². The Bertz CT molecular complexity index is 1390. The van der Waals surface area contributed by atoms with Crippen molar-refractivity contribution in [1.82, 2.24) is 21.3 Å². The second kappa shape index (κ2) is 15.0. The summed E-state index contributed by atoms with van der Waals surface area (Å²) in [4.78, 5) is 65.9. The zero-order chi connectivity index (χ0) is 33.5. The van der Waals surface area contributed by atoms with Crippen LogP contribution in [0.1, 0.15) is 51.7 Å². The maximum absolute atomic E-state index is 13.6. The molecule has 4 amide bonds. The summed E-state index contributed by atoms with van der Waals surface area (Å²) in [6.45, 7) is 7.95. The Labute approximate surface area is 270 Å². The van der Waals surface area contributed by atoms with Crippen LogP contribution in [0.3, 0.4) is 0 Å². The fourth-order valence-electron chi connectivity index (χ4n) is 4.72. The Morgan fingerprint density at radius 2 is 1.56 bits per heavy atom. The van der Waals surface area contributed by atoms with Crippen molar-refractivity contribution in [2.24, 2.45) is 5.73 Å². The lowest BCUT2D eigenvalue weighted by atomic mass is 9.91. The monoisotopic (exact) mass is 659 g/mol. The van der Waals surface area contributed by atoms with Crippen LogP contribution in [0.25, 0.3) is 0 Å². The Morgan fingerprint density at radius 3 is 2.16 bits per heavy atom. The van der Waals surface area contributed by atoms with E-state index in [2.05, 4.69) is 21.3 Å². The molecule has 0 bridgehead atoms. The lowest BCUT2D eigenvalue weighted by Crippen LogP contribution is -2.62. The second-order valence-corrected chi connectivity index (χ2v) is 15.5. The number of nitrogens with two attached hydrogens (primary N) is 1. The minimum Gasteiger partial charge on any atom is -0.508 e. The molecule has 1 fully saturated rings. The molecule has 2 aromatic rings. The smallest absolute Gasteiger partial charge is 0.327 e. The minimum absolute atomic E-state index is 0.0713. The van der Waals surface area contributed by atoms with Gasteiger partial charge >= 0.3 is 5.97 Å². The van der Waals surface area contributed by atoms with Crippen molar-refractivity contribution in [2.45, 2.75) is 80.6 Å². The quantitative estimate of drug-likeness (QED) is 0.215. The normalized spacial score (nSPS) is 23.7. The zero-order valence-corrected chi connectivity index (χ0v) is 27.5. The number of nitrogens with one attached hydrogen (secondary N) is 4. The van der Waals surface area contributed by atoms with E-state index < -0.39 is 75.7 Å². The predicted molar refractivity (Wildman–Crippen MR) is 174 cm³/mol. The summed E-state index contributed by atoms with van der Waals surface area (Å²) in [6.07, 6.45) is 0.138. The average molecular weight is 660 g/mol. The van der Waals surface area contributed by atoms with E-state index in [4.69, 9.17) is 5.73 Å². The van der Waals surface area contributed by atoms with Gasteiger partial charge in [0.05, 0.1) is 17.3 Å². The minimum atomic E-state index is -1.37. The number of rotatable bonds is 7. The van der Waals surface area contributed by atoms with Crippen molar-refractivity contribution in [2.75, 3.05) is 6.54 Å². The van der Waals surface area contributed by atoms with Gasteiger partial charge in [-0.25, -0.2) is 4.79 Å². The van der Waals surface area contributed by atoms with E-state index in [1.165, 1.54) is 22.9 Å². The van der Waals surface area contributed by atoms with Gasteiger partial charge in [0.15, 0.2) is 0 Å². The van der Waals surface area contributed by atoms with E-state index in [1.807, 2.05) is 6.07 Å². The summed E-state index contributed by atoms with van der Waals surface area (Å²) in [7, 11) is 2.32. The topological polar surface area (TPSA) is 200 Å². The lowest BCUT2D eigenvalue weighted by Gasteiger charge is -2.38.